The number of hydrogen-bond acceptors (Lipinski definition) is 3. The molecule has 2 N–H and O–H groups in total. The van der Waals surface area contributed by atoms with Crippen molar-refractivity contribution in [2.24, 2.45) is 0 Å². The Balaban J connectivity index is 2.25. The van der Waals surface area contributed by atoms with E-state index in [9.17, 15) is 4.79 Å². The third-order valence-electron chi connectivity index (χ3n) is 4.19. The van der Waals surface area contributed by atoms with Crippen LogP contribution in [0.15, 0.2) is 36.5 Å². The zero-order valence-electron chi connectivity index (χ0n) is 15.9. The molecule has 0 aliphatic rings. The molecule has 1 amide bonds. The van der Waals surface area contributed by atoms with Gasteiger partial charge in [0.05, 0.1) is 11.9 Å². The predicted molar refractivity (Wildman–Crippen MR) is 106 cm³/mol. The third kappa shape index (κ3) is 4.81. The van der Waals surface area contributed by atoms with Crippen molar-refractivity contribution in [1.29, 1.82) is 0 Å². The summed E-state index contributed by atoms with van der Waals surface area (Å²) in [6, 6.07) is 9.89. The maximum Gasteiger partial charge on any atom is 0.274 e. The molecule has 0 saturated heterocycles. The molecule has 1 aromatic heterocycles. The molecule has 0 aliphatic heterocycles. The molecule has 0 bridgehead atoms. The van der Waals surface area contributed by atoms with E-state index in [1.54, 1.807) is 12.3 Å². The highest BCUT2D eigenvalue weighted by Crippen LogP contribution is 2.32. The summed E-state index contributed by atoms with van der Waals surface area (Å²) < 4.78 is 0. The number of pyridine rings is 1. The van der Waals surface area contributed by atoms with Crippen molar-refractivity contribution in [1.82, 2.24) is 4.98 Å². The Kier molecular flexibility index (Phi) is 6.57. The minimum atomic E-state index is -0.169. The molecule has 2 rings (SSSR count). The summed E-state index contributed by atoms with van der Waals surface area (Å²) in [6.07, 6.45) is 2.76. The topological polar surface area (TPSA) is 54.0 Å². The lowest BCUT2D eigenvalue weighted by molar-refractivity contribution is 0.102. The van der Waals surface area contributed by atoms with Gasteiger partial charge in [0.15, 0.2) is 0 Å². The van der Waals surface area contributed by atoms with Gasteiger partial charge in [0, 0.05) is 12.2 Å². The monoisotopic (exact) mass is 339 g/mol. The fourth-order valence-corrected chi connectivity index (χ4v) is 2.78. The normalized spacial score (nSPS) is 11.0. The molecule has 0 radical (unpaired) electrons. The molecule has 4 nitrogen and oxygen atoms in total. The van der Waals surface area contributed by atoms with Crippen LogP contribution in [0.1, 0.15) is 74.5 Å². The Bertz CT molecular complexity index is 679. The Hall–Kier alpha value is -2.36. The summed E-state index contributed by atoms with van der Waals surface area (Å²) in [7, 11) is 0. The molecule has 134 valence electrons. The number of nitrogens with one attached hydrogen (secondary N) is 2. The van der Waals surface area contributed by atoms with Gasteiger partial charge in [-0.25, -0.2) is 4.98 Å². The number of carbonyl (C=O) groups is 1. The average Bonchev–Trinajstić information content (AvgIpc) is 2.60. The fourth-order valence-electron chi connectivity index (χ4n) is 2.78. The summed E-state index contributed by atoms with van der Waals surface area (Å²) in [5.41, 5.74) is 4.59. The molecule has 1 aromatic carbocycles. The van der Waals surface area contributed by atoms with Gasteiger partial charge in [-0.2, -0.15) is 0 Å². The van der Waals surface area contributed by atoms with Crippen LogP contribution in [0.3, 0.4) is 0 Å². The highest BCUT2D eigenvalue weighted by molar-refractivity contribution is 6.04. The molecule has 4 heteroatoms. The molecular formula is C21H29N3O. The van der Waals surface area contributed by atoms with Crippen LogP contribution in [-0.4, -0.2) is 17.4 Å². The lowest BCUT2D eigenvalue weighted by Gasteiger charge is -2.20. The Morgan fingerprint density at radius 1 is 1.04 bits per heavy atom. The summed E-state index contributed by atoms with van der Waals surface area (Å²) in [6.45, 7) is 11.6. The van der Waals surface area contributed by atoms with E-state index in [-0.39, 0.29) is 5.91 Å². The van der Waals surface area contributed by atoms with Gasteiger partial charge >= 0.3 is 0 Å². The first-order valence-corrected chi connectivity index (χ1v) is 9.08. The van der Waals surface area contributed by atoms with Crippen LogP contribution in [0.2, 0.25) is 0 Å². The van der Waals surface area contributed by atoms with Gasteiger partial charge in [-0.1, -0.05) is 52.8 Å². The second kappa shape index (κ2) is 8.65. The van der Waals surface area contributed by atoms with Crippen molar-refractivity contribution in [3.05, 3.63) is 53.3 Å². The molecular weight excluding hydrogens is 310 g/mol. The number of rotatable bonds is 7. The van der Waals surface area contributed by atoms with Crippen molar-refractivity contribution < 1.29 is 4.79 Å². The van der Waals surface area contributed by atoms with E-state index >= 15 is 0 Å². The smallest absolute Gasteiger partial charge is 0.274 e. The van der Waals surface area contributed by atoms with Crippen LogP contribution in [0.5, 0.6) is 0 Å². The molecule has 0 saturated carbocycles. The highest BCUT2D eigenvalue weighted by Gasteiger charge is 2.17. The number of aromatic nitrogens is 1. The highest BCUT2D eigenvalue weighted by atomic mass is 16.1. The minimum Gasteiger partial charge on any atom is -0.384 e. The van der Waals surface area contributed by atoms with E-state index in [0.29, 0.717) is 17.5 Å². The largest absolute Gasteiger partial charge is 0.384 e. The van der Waals surface area contributed by atoms with Gasteiger partial charge in [-0.3, -0.25) is 4.79 Å². The molecule has 1 heterocycles. The second-order valence-corrected chi connectivity index (χ2v) is 6.93. The van der Waals surface area contributed by atoms with E-state index in [2.05, 4.69) is 68.4 Å². The maximum absolute atomic E-state index is 12.7. The zero-order chi connectivity index (χ0) is 18.4. The number of nitrogens with zero attached hydrogens (tertiary/aromatic N) is 1. The van der Waals surface area contributed by atoms with E-state index in [1.807, 2.05) is 6.07 Å². The molecule has 0 unspecified atom stereocenters. The molecule has 0 fully saturated rings. The Labute approximate surface area is 151 Å². The first-order valence-electron chi connectivity index (χ1n) is 9.08. The maximum atomic E-state index is 12.7. The van der Waals surface area contributed by atoms with Crippen LogP contribution in [0.4, 0.5) is 11.4 Å². The van der Waals surface area contributed by atoms with Crippen molar-refractivity contribution in [2.75, 3.05) is 17.2 Å². The fraction of sp³-hybridized carbons (Fsp3) is 0.429. The summed E-state index contributed by atoms with van der Waals surface area (Å²) in [4.78, 5) is 17.0. The number of anilines is 2. The van der Waals surface area contributed by atoms with Crippen molar-refractivity contribution in [3.63, 3.8) is 0 Å². The van der Waals surface area contributed by atoms with E-state index in [0.717, 1.165) is 35.5 Å². The first-order chi connectivity index (χ1) is 11.9. The predicted octanol–water partition coefficient (Wildman–Crippen LogP) is 5.40. The van der Waals surface area contributed by atoms with Crippen molar-refractivity contribution in [3.8, 4) is 0 Å². The number of para-hydroxylation sites is 1. The summed E-state index contributed by atoms with van der Waals surface area (Å²) in [5, 5.41) is 6.36. The second-order valence-electron chi connectivity index (χ2n) is 6.93. The lowest BCUT2D eigenvalue weighted by atomic mass is 9.92. The zero-order valence-corrected chi connectivity index (χ0v) is 15.9. The van der Waals surface area contributed by atoms with Crippen LogP contribution < -0.4 is 10.6 Å². The molecule has 25 heavy (non-hydrogen) atoms. The summed E-state index contributed by atoms with van der Waals surface area (Å²) in [5.74, 6) is 0.502. The van der Waals surface area contributed by atoms with Gasteiger partial charge < -0.3 is 10.6 Å². The minimum absolute atomic E-state index is 0.169. The number of benzene rings is 1. The lowest BCUT2D eigenvalue weighted by Crippen LogP contribution is -2.17. The van der Waals surface area contributed by atoms with Gasteiger partial charge in [0.1, 0.15) is 5.69 Å². The van der Waals surface area contributed by atoms with E-state index < -0.39 is 0 Å². The molecule has 0 atom stereocenters. The Morgan fingerprint density at radius 3 is 2.16 bits per heavy atom. The summed E-state index contributed by atoms with van der Waals surface area (Å²) >= 11 is 0. The molecule has 0 aliphatic carbocycles. The van der Waals surface area contributed by atoms with Crippen molar-refractivity contribution in [2.45, 2.75) is 52.9 Å². The number of hydrogen-bond donors (Lipinski definition) is 2. The van der Waals surface area contributed by atoms with Crippen LogP contribution in [0.25, 0.3) is 0 Å². The van der Waals surface area contributed by atoms with Gasteiger partial charge in [-0.15, -0.1) is 0 Å². The van der Waals surface area contributed by atoms with Crippen LogP contribution >= 0.6 is 0 Å². The molecule has 2 aromatic rings. The van der Waals surface area contributed by atoms with E-state index in [1.165, 1.54) is 0 Å². The third-order valence-corrected chi connectivity index (χ3v) is 4.19. The van der Waals surface area contributed by atoms with Gasteiger partial charge in [-0.05, 0) is 41.5 Å². The Morgan fingerprint density at radius 2 is 1.68 bits per heavy atom. The SMILES string of the molecule is CCCNc1ccc(C(=O)Nc2c(C(C)C)cccc2C(C)C)nc1. The molecule has 0 spiro atoms. The van der Waals surface area contributed by atoms with Gasteiger partial charge in [0.25, 0.3) is 5.91 Å². The quantitative estimate of drug-likeness (QED) is 0.710. The number of carbonyl (C=O) groups excluding carboxylic acids is 1. The van der Waals surface area contributed by atoms with E-state index in [4.69, 9.17) is 0 Å². The first kappa shape index (κ1) is 19.0. The standard InChI is InChI=1S/C21H29N3O/c1-6-12-22-16-10-11-19(23-13-16)21(25)24-20-17(14(2)3)8-7-9-18(20)15(4)5/h7-11,13-15,22H,6,12H2,1-5H3,(H,24,25). The van der Waals surface area contributed by atoms with Gasteiger partial charge in [0.2, 0.25) is 0 Å². The average molecular weight is 339 g/mol. The van der Waals surface area contributed by atoms with Crippen molar-refractivity contribution >= 4 is 17.3 Å². The van der Waals surface area contributed by atoms with Crippen LogP contribution in [0, 0.1) is 0 Å². The van der Waals surface area contributed by atoms with Crippen LogP contribution in [-0.2, 0) is 0 Å². The number of amides is 1.